The highest BCUT2D eigenvalue weighted by atomic mass is 16.5. The van der Waals surface area contributed by atoms with Crippen LogP contribution in [-0.2, 0) is 6.42 Å². The summed E-state index contributed by atoms with van der Waals surface area (Å²) in [5.74, 6) is 3.97. The van der Waals surface area contributed by atoms with Gasteiger partial charge in [0.1, 0.15) is 5.75 Å². The molecule has 0 radical (unpaired) electrons. The number of benzene rings is 1. The largest absolute Gasteiger partial charge is 0.494 e. The van der Waals surface area contributed by atoms with Crippen molar-refractivity contribution in [2.75, 3.05) is 6.61 Å². The van der Waals surface area contributed by atoms with Crippen LogP contribution in [0.2, 0.25) is 0 Å². The van der Waals surface area contributed by atoms with Gasteiger partial charge in [0.05, 0.1) is 6.61 Å². The minimum absolute atomic E-state index is 0.299. The van der Waals surface area contributed by atoms with Crippen molar-refractivity contribution in [3.05, 3.63) is 29.8 Å². The summed E-state index contributed by atoms with van der Waals surface area (Å²) in [6.45, 7) is 4.94. The third-order valence-electron chi connectivity index (χ3n) is 2.22. The first kappa shape index (κ1) is 11.7. The van der Waals surface area contributed by atoms with E-state index in [1.807, 2.05) is 12.1 Å². The van der Waals surface area contributed by atoms with E-state index < -0.39 is 0 Å². The molecule has 0 aliphatic carbocycles. The molecule has 0 N–H and O–H groups in total. The molecule has 0 saturated heterocycles. The maximum Gasteiger partial charge on any atom is 0.119 e. The lowest BCUT2D eigenvalue weighted by atomic mass is 10.0. The highest BCUT2D eigenvalue weighted by molar-refractivity contribution is 5.28. The fourth-order valence-corrected chi connectivity index (χ4v) is 1.35. The Balaban J connectivity index is 2.53. The molecule has 1 aromatic rings. The van der Waals surface area contributed by atoms with Gasteiger partial charge in [0.2, 0.25) is 0 Å². The first-order valence-corrected chi connectivity index (χ1v) is 5.44. The van der Waals surface area contributed by atoms with E-state index in [0.717, 1.165) is 25.2 Å². The molecule has 0 aliphatic rings. The molecule has 0 aromatic heterocycles. The molecule has 1 aromatic carbocycles. The van der Waals surface area contributed by atoms with E-state index in [1.54, 1.807) is 0 Å². The van der Waals surface area contributed by atoms with Crippen LogP contribution in [0.25, 0.3) is 0 Å². The van der Waals surface area contributed by atoms with Crippen LogP contribution in [0.1, 0.15) is 25.8 Å². The second-order valence-electron chi connectivity index (χ2n) is 3.76. The molecular formula is C14H18O. The van der Waals surface area contributed by atoms with E-state index in [4.69, 9.17) is 11.2 Å². The van der Waals surface area contributed by atoms with Gasteiger partial charge in [0, 0.05) is 5.92 Å². The van der Waals surface area contributed by atoms with E-state index in [0.29, 0.717) is 5.92 Å². The van der Waals surface area contributed by atoms with Gasteiger partial charge in [-0.3, -0.25) is 0 Å². The van der Waals surface area contributed by atoms with Gasteiger partial charge in [-0.25, -0.2) is 0 Å². The van der Waals surface area contributed by atoms with Gasteiger partial charge >= 0.3 is 0 Å². The summed E-state index contributed by atoms with van der Waals surface area (Å²) >= 11 is 0. The summed E-state index contributed by atoms with van der Waals surface area (Å²) in [5.41, 5.74) is 1.27. The zero-order valence-corrected chi connectivity index (χ0v) is 9.49. The van der Waals surface area contributed by atoms with E-state index >= 15 is 0 Å². The Morgan fingerprint density at radius 2 is 2.00 bits per heavy atom. The molecule has 1 heteroatoms. The van der Waals surface area contributed by atoms with E-state index in [-0.39, 0.29) is 0 Å². The SMILES string of the molecule is C#CC(C)Cc1ccc(OCCC)cc1. The molecule has 1 nitrogen and oxygen atoms in total. The van der Waals surface area contributed by atoms with E-state index in [2.05, 4.69) is 31.9 Å². The van der Waals surface area contributed by atoms with Crippen molar-refractivity contribution in [1.82, 2.24) is 0 Å². The summed E-state index contributed by atoms with van der Waals surface area (Å²) in [6, 6.07) is 8.18. The van der Waals surface area contributed by atoms with Crippen LogP contribution >= 0.6 is 0 Å². The quantitative estimate of drug-likeness (QED) is 0.666. The molecule has 0 aliphatic heterocycles. The first-order valence-electron chi connectivity index (χ1n) is 5.44. The lowest BCUT2D eigenvalue weighted by Crippen LogP contribution is -1.97. The molecular weight excluding hydrogens is 184 g/mol. The van der Waals surface area contributed by atoms with E-state index in [1.165, 1.54) is 5.56 Å². The number of hydrogen-bond donors (Lipinski definition) is 0. The molecule has 15 heavy (non-hydrogen) atoms. The minimum Gasteiger partial charge on any atom is -0.494 e. The van der Waals surface area contributed by atoms with Crippen molar-refractivity contribution < 1.29 is 4.74 Å². The fourth-order valence-electron chi connectivity index (χ4n) is 1.35. The van der Waals surface area contributed by atoms with Gasteiger partial charge in [-0.05, 0) is 30.5 Å². The zero-order valence-electron chi connectivity index (χ0n) is 9.49. The van der Waals surface area contributed by atoms with Crippen LogP contribution in [-0.4, -0.2) is 6.61 Å². The minimum atomic E-state index is 0.299. The number of ether oxygens (including phenoxy) is 1. The Bertz CT molecular complexity index is 318. The van der Waals surface area contributed by atoms with Gasteiger partial charge in [0.15, 0.2) is 0 Å². The molecule has 0 spiro atoms. The van der Waals surface area contributed by atoms with Crippen LogP contribution in [0.4, 0.5) is 0 Å². The van der Waals surface area contributed by atoms with Crippen LogP contribution < -0.4 is 4.74 Å². The third kappa shape index (κ3) is 4.08. The summed E-state index contributed by atoms with van der Waals surface area (Å²) in [7, 11) is 0. The summed E-state index contributed by atoms with van der Waals surface area (Å²) < 4.78 is 5.50. The number of hydrogen-bond acceptors (Lipinski definition) is 1. The smallest absolute Gasteiger partial charge is 0.119 e. The number of terminal acetylenes is 1. The van der Waals surface area contributed by atoms with Crippen LogP contribution in [0, 0.1) is 18.3 Å². The predicted octanol–water partition coefficient (Wildman–Crippen LogP) is 3.29. The van der Waals surface area contributed by atoms with E-state index in [9.17, 15) is 0 Å². The maximum absolute atomic E-state index is 5.50. The Labute approximate surface area is 92.5 Å². The van der Waals surface area contributed by atoms with Crippen molar-refractivity contribution in [3.8, 4) is 18.1 Å². The molecule has 1 rings (SSSR count). The summed E-state index contributed by atoms with van der Waals surface area (Å²) in [5, 5.41) is 0. The second kappa shape index (κ2) is 6.14. The molecule has 0 heterocycles. The van der Waals surface area contributed by atoms with Gasteiger partial charge in [-0.15, -0.1) is 12.3 Å². The molecule has 80 valence electrons. The Hall–Kier alpha value is -1.42. The lowest BCUT2D eigenvalue weighted by Gasteiger charge is -2.07. The van der Waals surface area contributed by atoms with Crippen molar-refractivity contribution in [2.24, 2.45) is 5.92 Å². The Kier molecular flexibility index (Phi) is 4.77. The van der Waals surface area contributed by atoms with Crippen molar-refractivity contribution >= 4 is 0 Å². The molecule has 0 fully saturated rings. The second-order valence-corrected chi connectivity index (χ2v) is 3.76. The topological polar surface area (TPSA) is 9.23 Å². The van der Waals surface area contributed by atoms with Crippen LogP contribution in [0.5, 0.6) is 5.75 Å². The predicted molar refractivity (Wildman–Crippen MR) is 63.9 cm³/mol. The number of rotatable bonds is 5. The molecule has 0 bridgehead atoms. The summed E-state index contributed by atoms with van der Waals surface area (Å²) in [6.07, 6.45) is 7.31. The molecule has 1 unspecified atom stereocenters. The fraction of sp³-hybridized carbons (Fsp3) is 0.429. The normalized spacial score (nSPS) is 11.8. The van der Waals surface area contributed by atoms with Crippen LogP contribution in [0.15, 0.2) is 24.3 Å². The molecule has 0 saturated carbocycles. The van der Waals surface area contributed by atoms with Gasteiger partial charge in [0.25, 0.3) is 0 Å². The Morgan fingerprint density at radius 1 is 1.33 bits per heavy atom. The standard InChI is InChI=1S/C14H18O/c1-4-10-15-14-8-6-13(7-9-14)11-12(3)5-2/h2,6-9,12H,4,10-11H2,1,3H3. The first-order chi connectivity index (χ1) is 7.26. The highest BCUT2D eigenvalue weighted by Gasteiger charge is 2.00. The van der Waals surface area contributed by atoms with Crippen molar-refractivity contribution in [3.63, 3.8) is 0 Å². The average Bonchev–Trinajstić information content (AvgIpc) is 2.28. The lowest BCUT2D eigenvalue weighted by molar-refractivity contribution is 0.317. The van der Waals surface area contributed by atoms with Gasteiger partial charge in [-0.1, -0.05) is 26.0 Å². The molecule has 1 atom stereocenters. The average molecular weight is 202 g/mol. The monoisotopic (exact) mass is 202 g/mol. The van der Waals surface area contributed by atoms with Gasteiger partial charge in [-0.2, -0.15) is 0 Å². The highest BCUT2D eigenvalue weighted by Crippen LogP contribution is 2.14. The summed E-state index contributed by atoms with van der Waals surface area (Å²) in [4.78, 5) is 0. The van der Waals surface area contributed by atoms with Crippen LogP contribution in [0.3, 0.4) is 0 Å². The van der Waals surface area contributed by atoms with Crippen molar-refractivity contribution in [1.29, 1.82) is 0 Å². The maximum atomic E-state index is 5.50. The molecule has 0 amide bonds. The van der Waals surface area contributed by atoms with Crippen molar-refractivity contribution in [2.45, 2.75) is 26.7 Å². The van der Waals surface area contributed by atoms with Gasteiger partial charge < -0.3 is 4.74 Å². The third-order valence-corrected chi connectivity index (χ3v) is 2.22. The Morgan fingerprint density at radius 3 is 2.53 bits per heavy atom. The zero-order chi connectivity index (χ0) is 11.1.